The minimum atomic E-state index is -0.428. The number of rotatable bonds is 7. The summed E-state index contributed by atoms with van der Waals surface area (Å²) < 4.78 is 29.9. The number of piperazine rings is 1. The van der Waals surface area contributed by atoms with Crippen LogP contribution in [0.3, 0.4) is 0 Å². The third-order valence-electron chi connectivity index (χ3n) is 7.05. The molecule has 5 rings (SSSR count). The number of halogens is 1. The first-order valence-electron chi connectivity index (χ1n) is 12.4. The molecule has 3 amide bonds. The predicted octanol–water partition coefficient (Wildman–Crippen LogP) is 3.61. The zero-order valence-corrected chi connectivity index (χ0v) is 21.9. The van der Waals surface area contributed by atoms with Crippen molar-refractivity contribution in [2.24, 2.45) is 0 Å². The maximum atomic E-state index is 13.7. The van der Waals surface area contributed by atoms with E-state index < -0.39 is 17.6 Å². The van der Waals surface area contributed by atoms with Gasteiger partial charge in [-0.2, -0.15) is 0 Å². The van der Waals surface area contributed by atoms with Gasteiger partial charge in [-0.3, -0.25) is 19.3 Å². The summed E-state index contributed by atoms with van der Waals surface area (Å²) in [6, 6.07) is 14.4. The molecule has 202 valence electrons. The maximum Gasteiger partial charge on any atom is 0.263 e. The molecular weight excluding hydrogens is 505 g/mol. The van der Waals surface area contributed by atoms with Crippen LogP contribution in [-0.4, -0.2) is 75.0 Å². The topological polar surface area (TPSA) is 88.6 Å². The standard InChI is InChI=1S/C29H28FN3O6/c1-37-23-11-10-21(25(38-2)26(23)39-3)27(34)32-14-12-31(13-15-32)22-9-5-8-20-24(22)29(36)33(28(20)35)17-18-6-4-7-19(30)16-18/h4-11,16H,12-15,17H2,1-3H3. The molecule has 0 aliphatic carbocycles. The van der Waals surface area contributed by atoms with Crippen LogP contribution in [0.25, 0.3) is 0 Å². The van der Waals surface area contributed by atoms with Crippen molar-refractivity contribution in [3.63, 3.8) is 0 Å². The molecule has 10 heteroatoms. The number of anilines is 1. The number of ether oxygens (including phenoxy) is 3. The number of carbonyl (C=O) groups excluding carboxylic acids is 3. The van der Waals surface area contributed by atoms with E-state index in [1.807, 2.05) is 11.0 Å². The van der Waals surface area contributed by atoms with Crippen LogP contribution in [0.5, 0.6) is 17.2 Å². The number of amides is 3. The van der Waals surface area contributed by atoms with Gasteiger partial charge in [-0.25, -0.2) is 4.39 Å². The zero-order chi connectivity index (χ0) is 27.7. The third-order valence-corrected chi connectivity index (χ3v) is 7.05. The van der Waals surface area contributed by atoms with Gasteiger partial charge in [0.1, 0.15) is 5.82 Å². The lowest BCUT2D eigenvalue weighted by Gasteiger charge is -2.37. The van der Waals surface area contributed by atoms with Crippen LogP contribution < -0.4 is 19.1 Å². The molecule has 0 unspecified atom stereocenters. The van der Waals surface area contributed by atoms with Gasteiger partial charge >= 0.3 is 0 Å². The second kappa shape index (κ2) is 10.6. The van der Waals surface area contributed by atoms with Crippen LogP contribution >= 0.6 is 0 Å². The van der Waals surface area contributed by atoms with Crippen LogP contribution in [0.1, 0.15) is 36.6 Å². The van der Waals surface area contributed by atoms with Crippen LogP contribution in [-0.2, 0) is 6.54 Å². The van der Waals surface area contributed by atoms with Crippen LogP contribution in [0, 0.1) is 5.82 Å². The highest BCUT2D eigenvalue weighted by Crippen LogP contribution is 2.40. The molecule has 0 radical (unpaired) electrons. The van der Waals surface area contributed by atoms with Crippen LogP contribution in [0.15, 0.2) is 54.6 Å². The highest BCUT2D eigenvalue weighted by atomic mass is 19.1. The smallest absolute Gasteiger partial charge is 0.263 e. The molecule has 2 aliphatic rings. The minimum absolute atomic E-state index is 0.0149. The van der Waals surface area contributed by atoms with Gasteiger partial charge in [0.25, 0.3) is 17.7 Å². The van der Waals surface area contributed by atoms with E-state index in [4.69, 9.17) is 14.2 Å². The summed E-state index contributed by atoms with van der Waals surface area (Å²) in [4.78, 5) is 44.8. The molecule has 9 nitrogen and oxygen atoms in total. The summed E-state index contributed by atoms with van der Waals surface area (Å²) in [5, 5.41) is 0. The fourth-order valence-corrected chi connectivity index (χ4v) is 5.13. The Morgan fingerprint density at radius 1 is 0.846 bits per heavy atom. The zero-order valence-electron chi connectivity index (χ0n) is 21.9. The van der Waals surface area contributed by atoms with E-state index in [0.29, 0.717) is 71.4 Å². The number of benzene rings is 3. The van der Waals surface area contributed by atoms with Crippen LogP contribution in [0.2, 0.25) is 0 Å². The van der Waals surface area contributed by atoms with Crippen molar-refractivity contribution in [3.05, 3.63) is 82.7 Å². The lowest BCUT2D eigenvalue weighted by molar-refractivity contribution is 0.0640. The van der Waals surface area contributed by atoms with E-state index in [1.165, 1.54) is 33.5 Å². The highest BCUT2D eigenvalue weighted by molar-refractivity contribution is 6.23. The lowest BCUT2D eigenvalue weighted by atomic mass is 10.1. The maximum absolute atomic E-state index is 13.7. The largest absolute Gasteiger partial charge is 0.493 e. The number of fused-ring (bicyclic) bond motifs is 1. The van der Waals surface area contributed by atoms with E-state index in [1.54, 1.807) is 41.3 Å². The molecule has 1 fully saturated rings. The summed E-state index contributed by atoms with van der Waals surface area (Å²) in [6.07, 6.45) is 0. The van der Waals surface area contributed by atoms with Crippen molar-refractivity contribution >= 4 is 23.4 Å². The Morgan fingerprint density at radius 3 is 2.23 bits per heavy atom. The Labute approximate surface area is 225 Å². The van der Waals surface area contributed by atoms with E-state index in [0.717, 1.165) is 4.90 Å². The number of carbonyl (C=O) groups is 3. The fraction of sp³-hybridized carbons (Fsp3) is 0.276. The van der Waals surface area contributed by atoms with Gasteiger partial charge in [-0.15, -0.1) is 0 Å². The molecule has 2 aliphatic heterocycles. The van der Waals surface area contributed by atoms with Gasteiger partial charge in [-0.05, 0) is 42.0 Å². The van der Waals surface area contributed by atoms with Gasteiger partial charge in [-0.1, -0.05) is 18.2 Å². The molecule has 3 aromatic carbocycles. The predicted molar refractivity (Wildman–Crippen MR) is 141 cm³/mol. The van der Waals surface area contributed by atoms with E-state index in [2.05, 4.69) is 0 Å². The molecule has 3 aromatic rings. The Balaban J connectivity index is 1.34. The molecule has 0 saturated carbocycles. The fourth-order valence-electron chi connectivity index (χ4n) is 5.13. The minimum Gasteiger partial charge on any atom is -0.493 e. The molecule has 2 heterocycles. The summed E-state index contributed by atoms with van der Waals surface area (Å²) in [7, 11) is 4.46. The Morgan fingerprint density at radius 2 is 1.56 bits per heavy atom. The van der Waals surface area contributed by atoms with Gasteiger partial charge in [0.05, 0.1) is 50.3 Å². The average Bonchev–Trinajstić information content (AvgIpc) is 3.20. The van der Waals surface area contributed by atoms with Gasteiger partial charge < -0.3 is 24.0 Å². The number of imide groups is 1. The number of methoxy groups -OCH3 is 3. The summed E-state index contributed by atoms with van der Waals surface area (Å²) in [5.41, 5.74) is 2.19. The summed E-state index contributed by atoms with van der Waals surface area (Å²) in [6.45, 7) is 1.70. The third kappa shape index (κ3) is 4.62. The van der Waals surface area contributed by atoms with Crippen molar-refractivity contribution in [2.45, 2.75) is 6.54 Å². The normalized spacial score (nSPS) is 14.9. The van der Waals surface area contributed by atoms with Gasteiger partial charge in [0.15, 0.2) is 11.5 Å². The Hall–Kier alpha value is -4.60. The Kier molecular flexibility index (Phi) is 7.10. The molecule has 1 saturated heterocycles. The Bertz CT molecular complexity index is 1450. The average molecular weight is 534 g/mol. The van der Waals surface area contributed by atoms with Gasteiger partial charge in [0.2, 0.25) is 5.75 Å². The second-order valence-corrected chi connectivity index (χ2v) is 9.19. The number of nitrogens with zero attached hydrogens (tertiary/aromatic N) is 3. The molecule has 39 heavy (non-hydrogen) atoms. The van der Waals surface area contributed by atoms with E-state index in [-0.39, 0.29) is 12.5 Å². The highest BCUT2D eigenvalue weighted by Gasteiger charge is 2.39. The quantitative estimate of drug-likeness (QED) is 0.429. The first-order valence-corrected chi connectivity index (χ1v) is 12.4. The molecule has 0 aromatic heterocycles. The van der Waals surface area contributed by atoms with Crippen molar-refractivity contribution in [2.75, 3.05) is 52.4 Å². The molecular formula is C29H28FN3O6. The summed E-state index contributed by atoms with van der Waals surface area (Å²) >= 11 is 0. The van der Waals surface area contributed by atoms with Crippen LogP contribution in [0.4, 0.5) is 10.1 Å². The lowest BCUT2D eigenvalue weighted by Crippen LogP contribution is -2.49. The van der Waals surface area contributed by atoms with E-state index in [9.17, 15) is 18.8 Å². The van der Waals surface area contributed by atoms with Gasteiger partial charge in [0, 0.05) is 26.2 Å². The SMILES string of the molecule is COc1ccc(C(=O)N2CCN(c3cccc4c3C(=O)N(Cc3cccc(F)c3)C4=O)CC2)c(OC)c1OC. The first-order chi connectivity index (χ1) is 18.9. The van der Waals surface area contributed by atoms with Crippen molar-refractivity contribution in [1.82, 2.24) is 9.80 Å². The molecule has 0 atom stereocenters. The summed E-state index contributed by atoms with van der Waals surface area (Å²) in [5.74, 6) is -0.359. The van der Waals surface area contributed by atoms with Crippen molar-refractivity contribution < 1.29 is 33.0 Å². The number of hydrogen-bond donors (Lipinski definition) is 0. The van der Waals surface area contributed by atoms with Crippen molar-refractivity contribution in [1.29, 1.82) is 0 Å². The second-order valence-electron chi connectivity index (χ2n) is 9.19. The molecule has 0 bridgehead atoms. The number of hydrogen-bond acceptors (Lipinski definition) is 7. The van der Waals surface area contributed by atoms with Crippen molar-refractivity contribution in [3.8, 4) is 17.2 Å². The monoisotopic (exact) mass is 533 g/mol. The first kappa shape index (κ1) is 26.0. The molecule has 0 spiro atoms. The van der Waals surface area contributed by atoms with E-state index >= 15 is 0 Å². The molecule has 0 N–H and O–H groups in total.